The molecule has 5 rings (SSSR count). The number of hydrogen-bond acceptors (Lipinski definition) is 4. The summed E-state index contributed by atoms with van der Waals surface area (Å²) in [5.41, 5.74) is 6.29. The van der Waals surface area contributed by atoms with Crippen LogP contribution in [0, 0.1) is 5.82 Å². The number of halogens is 1. The van der Waals surface area contributed by atoms with Crippen LogP contribution in [-0.4, -0.2) is 29.3 Å². The highest BCUT2D eigenvalue weighted by Gasteiger charge is 2.21. The molecule has 1 amide bonds. The lowest BCUT2D eigenvalue weighted by molar-refractivity contribution is 0.102. The van der Waals surface area contributed by atoms with Gasteiger partial charge in [-0.25, -0.2) is 4.39 Å². The third-order valence-electron chi connectivity index (χ3n) is 5.29. The molecule has 0 fully saturated rings. The van der Waals surface area contributed by atoms with Crippen LogP contribution in [0.4, 0.5) is 10.1 Å². The number of carbonyl (C=O) groups is 1. The summed E-state index contributed by atoms with van der Waals surface area (Å²) in [5, 5.41) is 13.5. The second-order valence-corrected chi connectivity index (χ2v) is 7.06. The monoisotopic (exact) mass is 378 g/mol. The van der Waals surface area contributed by atoms with Crippen molar-refractivity contribution in [3.05, 3.63) is 64.6 Å². The van der Waals surface area contributed by atoms with Crippen molar-refractivity contribution in [2.24, 2.45) is 0 Å². The normalized spacial score (nSPS) is 16.1. The first-order valence-electron chi connectivity index (χ1n) is 9.27. The SMILES string of the molecule is O=C(Nc1cc2c(c(C3=CCOCC3)c1)CNC2)c1cc(F)cc2[nH]ncc12. The van der Waals surface area contributed by atoms with Gasteiger partial charge in [0.15, 0.2) is 0 Å². The maximum absolute atomic E-state index is 13.9. The molecule has 0 aliphatic carbocycles. The number of nitrogens with one attached hydrogen (secondary N) is 3. The standard InChI is InChI=1S/C21H19FN4O2/c22-14-6-17(19-11-24-26-20(19)7-14)21(27)25-15-5-13-9-23-10-18(13)16(8-15)12-1-3-28-4-2-12/h1,5-8,11,23H,2-4,9-10H2,(H,24,26)(H,25,27). The van der Waals surface area contributed by atoms with Crippen molar-refractivity contribution in [3.8, 4) is 0 Å². The van der Waals surface area contributed by atoms with Crippen molar-refractivity contribution >= 4 is 28.1 Å². The highest BCUT2D eigenvalue weighted by atomic mass is 19.1. The van der Waals surface area contributed by atoms with Crippen LogP contribution >= 0.6 is 0 Å². The van der Waals surface area contributed by atoms with E-state index in [1.807, 2.05) is 12.1 Å². The molecule has 1 aromatic heterocycles. The van der Waals surface area contributed by atoms with Gasteiger partial charge in [0.25, 0.3) is 5.91 Å². The molecule has 0 saturated carbocycles. The number of hydrogen-bond donors (Lipinski definition) is 3. The van der Waals surface area contributed by atoms with Crippen LogP contribution in [0.5, 0.6) is 0 Å². The Labute approximate surface area is 160 Å². The van der Waals surface area contributed by atoms with Gasteiger partial charge < -0.3 is 15.4 Å². The Bertz CT molecular complexity index is 1120. The summed E-state index contributed by atoms with van der Waals surface area (Å²) >= 11 is 0. The molecule has 2 aromatic carbocycles. The first-order chi connectivity index (χ1) is 13.7. The third-order valence-corrected chi connectivity index (χ3v) is 5.29. The maximum Gasteiger partial charge on any atom is 0.256 e. The fourth-order valence-corrected chi connectivity index (χ4v) is 3.95. The van der Waals surface area contributed by atoms with E-state index >= 15 is 0 Å². The van der Waals surface area contributed by atoms with Crippen LogP contribution in [0.1, 0.15) is 33.5 Å². The molecular formula is C21H19FN4O2. The van der Waals surface area contributed by atoms with Crippen molar-refractivity contribution in [2.45, 2.75) is 19.5 Å². The number of benzene rings is 2. The van der Waals surface area contributed by atoms with E-state index in [1.54, 1.807) is 0 Å². The van der Waals surface area contributed by atoms with Gasteiger partial charge in [0.2, 0.25) is 0 Å². The summed E-state index contributed by atoms with van der Waals surface area (Å²) in [5.74, 6) is -0.836. The number of anilines is 1. The summed E-state index contributed by atoms with van der Waals surface area (Å²) in [6, 6.07) is 6.56. The number of carbonyl (C=O) groups excluding carboxylic acids is 1. The summed E-state index contributed by atoms with van der Waals surface area (Å²) in [4.78, 5) is 12.9. The number of nitrogens with zero attached hydrogens (tertiary/aromatic N) is 1. The van der Waals surface area contributed by atoms with Crippen LogP contribution in [0.25, 0.3) is 16.5 Å². The fourth-order valence-electron chi connectivity index (χ4n) is 3.95. The average molecular weight is 378 g/mol. The number of aromatic amines is 1. The molecule has 2 aliphatic rings. The van der Waals surface area contributed by atoms with E-state index in [0.29, 0.717) is 29.8 Å². The molecule has 142 valence electrons. The number of rotatable bonds is 3. The number of ether oxygens (including phenoxy) is 1. The topological polar surface area (TPSA) is 79.0 Å². The summed E-state index contributed by atoms with van der Waals surface area (Å²) < 4.78 is 19.3. The molecule has 3 heterocycles. The van der Waals surface area contributed by atoms with Crippen molar-refractivity contribution in [2.75, 3.05) is 18.5 Å². The zero-order chi connectivity index (χ0) is 19.1. The molecule has 0 bridgehead atoms. The van der Waals surface area contributed by atoms with E-state index in [2.05, 4.69) is 26.9 Å². The van der Waals surface area contributed by atoms with Gasteiger partial charge in [-0.3, -0.25) is 9.89 Å². The predicted molar refractivity (Wildman–Crippen MR) is 104 cm³/mol. The van der Waals surface area contributed by atoms with Gasteiger partial charge in [0, 0.05) is 24.2 Å². The molecule has 6 nitrogen and oxygen atoms in total. The van der Waals surface area contributed by atoms with Crippen LogP contribution < -0.4 is 10.6 Å². The second kappa shape index (κ2) is 6.85. The van der Waals surface area contributed by atoms with Gasteiger partial charge in [-0.2, -0.15) is 5.10 Å². The van der Waals surface area contributed by atoms with E-state index in [9.17, 15) is 9.18 Å². The van der Waals surface area contributed by atoms with Crippen molar-refractivity contribution < 1.29 is 13.9 Å². The Balaban J connectivity index is 1.52. The molecule has 0 unspecified atom stereocenters. The minimum absolute atomic E-state index is 0.259. The molecule has 7 heteroatoms. The Morgan fingerprint density at radius 2 is 2.14 bits per heavy atom. The molecule has 0 atom stereocenters. The first kappa shape index (κ1) is 17.1. The highest BCUT2D eigenvalue weighted by molar-refractivity contribution is 6.12. The predicted octanol–water partition coefficient (Wildman–Crippen LogP) is 3.36. The molecule has 2 aliphatic heterocycles. The molecule has 3 aromatic rings. The summed E-state index contributed by atoms with van der Waals surface area (Å²) in [6.07, 6.45) is 4.49. The van der Waals surface area contributed by atoms with Gasteiger partial charge in [0.05, 0.1) is 30.5 Å². The minimum atomic E-state index is -0.479. The number of H-pyrrole nitrogens is 1. The van der Waals surface area contributed by atoms with E-state index in [1.165, 1.54) is 35.0 Å². The molecule has 0 radical (unpaired) electrons. The van der Waals surface area contributed by atoms with E-state index < -0.39 is 5.82 Å². The Kier molecular flexibility index (Phi) is 4.18. The number of fused-ring (bicyclic) bond motifs is 2. The molecule has 28 heavy (non-hydrogen) atoms. The van der Waals surface area contributed by atoms with Crippen LogP contribution in [0.2, 0.25) is 0 Å². The number of aromatic nitrogens is 2. The molecule has 3 N–H and O–H groups in total. The molecule has 0 saturated heterocycles. The maximum atomic E-state index is 13.9. The van der Waals surface area contributed by atoms with Gasteiger partial charge in [0.1, 0.15) is 5.82 Å². The van der Waals surface area contributed by atoms with Crippen LogP contribution in [0.3, 0.4) is 0 Å². The van der Waals surface area contributed by atoms with Crippen LogP contribution in [0.15, 0.2) is 36.5 Å². The fraction of sp³-hybridized carbons (Fsp3) is 0.238. The van der Waals surface area contributed by atoms with Crippen molar-refractivity contribution in [1.82, 2.24) is 15.5 Å². The zero-order valence-corrected chi connectivity index (χ0v) is 15.1. The van der Waals surface area contributed by atoms with E-state index in [4.69, 9.17) is 4.74 Å². The smallest absolute Gasteiger partial charge is 0.256 e. The highest BCUT2D eigenvalue weighted by Crippen LogP contribution is 2.33. The first-order valence-corrected chi connectivity index (χ1v) is 9.27. The Hall–Kier alpha value is -3.03. The largest absolute Gasteiger partial charge is 0.377 e. The Morgan fingerprint density at radius 3 is 3.00 bits per heavy atom. The Morgan fingerprint density at radius 1 is 1.21 bits per heavy atom. The van der Waals surface area contributed by atoms with Crippen molar-refractivity contribution in [3.63, 3.8) is 0 Å². The van der Waals surface area contributed by atoms with Crippen molar-refractivity contribution in [1.29, 1.82) is 0 Å². The van der Waals surface area contributed by atoms with Crippen LogP contribution in [-0.2, 0) is 17.8 Å². The lowest BCUT2D eigenvalue weighted by Gasteiger charge is -2.18. The van der Waals surface area contributed by atoms with Gasteiger partial charge >= 0.3 is 0 Å². The third kappa shape index (κ3) is 2.98. The average Bonchev–Trinajstić information content (AvgIpc) is 3.36. The second-order valence-electron chi connectivity index (χ2n) is 7.06. The van der Waals surface area contributed by atoms with Gasteiger partial charge in [-0.05, 0) is 52.9 Å². The molecular weight excluding hydrogens is 359 g/mol. The van der Waals surface area contributed by atoms with E-state index in [0.717, 1.165) is 25.1 Å². The molecule has 0 spiro atoms. The quantitative estimate of drug-likeness (QED) is 0.653. The zero-order valence-electron chi connectivity index (χ0n) is 15.1. The lowest BCUT2D eigenvalue weighted by Crippen LogP contribution is -2.14. The number of amides is 1. The van der Waals surface area contributed by atoms with E-state index in [-0.39, 0.29) is 11.5 Å². The van der Waals surface area contributed by atoms with Gasteiger partial charge in [-0.1, -0.05) is 6.08 Å². The summed E-state index contributed by atoms with van der Waals surface area (Å²) in [6.45, 7) is 2.89. The minimum Gasteiger partial charge on any atom is -0.377 e. The lowest BCUT2D eigenvalue weighted by atomic mass is 9.93. The van der Waals surface area contributed by atoms with Gasteiger partial charge in [-0.15, -0.1) is 0 Å². The summed E-state index contributed by atoms with van der Waals surface area (Å²) in [7, 11) is 0.